The molecule has 0 atom stereocenters. The van der Waals surface area contributed by atoms with Crippen LogP contribution >= 0.6 is 35.0 Å². The molecule has 1 aliphatic rings. The zero-order valence-corrected chi connectivity index (χ0v) is 16.5. The molecule has 1 aromatic heterocycles. The normalized spacial score (nSPS) is 15.8. The summed E-state index contributed by atoms with van der Waals surface area (Å²) < 4.78 is 0. The molecule has 26 heavy (non-hydrogen) atoms. The van der Waals surface area contributed by atoms with Gasteiger partial charge in [0, 0.05) is 38.1 Å². The number of likely N-dealkylation sites (tertiary alicyclic amines) is 1. The molecular formula is C18H20Cl2N4OS. The van der Waals surface area contributed by atoms with Gasteiger partial charge in [0.1, 0.15) is 0 Å². The van der Waals surface area contributed by atoms with Crippen LogP contribution in [0, 0.1) is 0 Å². The van der Waals surface area contributed by atoms with E-state index in [4.69, 9.17) is 23.2 Å². The lowest BCUT2D eigenvalue weighted by Gasteiger charge is -2.32. The van der Waals surface area contributed by atoms with E-state index in [1.54, 1.807) is 18.5 Å². The Hall–Kier alpha value is -1.34. The number of piperidine rings is 1. The van der Waals surface area contributed by atoms with E-state index in [2.05, 4.69) is 20.2 Å². The summed E-state index contributed by atoms with van der Waals surface area (Å²) in [5, 5.41) is 4.90. The molecule has 5 nitrogen and oxygen atoms in total. The number of rotatable bonds is 6. The highest BCUT2D eigenvalue weighted by Gasteiger charge is 2.21. The summed E-state index contributed by atoms with van der Waals surface area (Å²) in [6.45, 7) is 2.74. The first kappa shape index (κ1) is 19.4. The third-order valence-corrected chi connectivity index (χ3v) is 5.83. The van der Waals surface area contributed by atoms with E-state index in [-0.39, 0.29) is 11.9 Å². The van der Waals surface area contributed by atoms with Gasteiger partial charge in [-0.25, -0.2) is 9.97 Å². The second-order valence-corrected chi connectivity index (χ2v) is 7.94. The third-order valence-electron chi connectivity index (χ3n) is 4.22. The van der Waals surface area contributed by atoms with Crippen molar-refractivity contribution in [3.05, 3.63) is 52.3 Å². The zero-order valence-electron chi connectivity index (χ0n) is 14.2. The second-order valence-electron chi connectivity index (χ2n) is 6.19. The number of halogens is 2. The number of hydrogen-bond acceptors (Lipinski definition) is 5. The molecule has 0 spiro atoms. The number of carbonyl (C=O) groups is 1. The zero-order chi connectivity index (χ0) is 18.4. The van der Waals surface area contributed by atoms with Gasteiger partial charge < -0.3 is 5.32 Å². The first-order valence-electron chi connectivity index (χ1n) is 8.45. The Morgan fingerprint density at radius 2 is 1.92 bits per heavy atom. The smallest absolute Gasteiger partial charge is 0.230 e. The Morgan fingerprint density at radius 3 is 2.62 bits per heavy atom. The van der Waals surface area contributed by atoms with Gasteiger partial charge in [-0.1, -0.05) is 41.0 Å². The molecule has 1 N–H and O–H groups in total. The second kappa shape index (κ2) is 9.55. The Bertz CT molecular complexity index is 739. The molecule has 1 saturated heterocycles. The van der Waals surface area contributed by atoms with Gasteiger partial charge >= 0.3 is 0 Å². The van der Waals surface area contributed by atoms with Gasteiger partial charge in [-0.05, 0) is 36.6 Å². The van der Waals surface area contributed by atoms with Crippen LogP contribution in [0.1, 0.15) is 18.4 Å². The fraction of sp³-hybridized carbons (Fsp3) is 0.389. The van der Waals surface area contributed by atoms with Crippen LogP contribution in [0.4, 0.5) is 0 Å². The van der Waals surface area contributed by atoms with E-state index in [1.807, 2.05) is 18.2 Å². The largest absolute Gasteiger partial charge is 0.353 e. The summed E-state index contributed by atoms with van der Waals surface area (Å²) in [5.41, 5.74) is 1.15. The third kappa shape index (κ3) is 5.84. The van der Waals surface area contributed by atoms with Crippen molar-refractivity contribution in [3.8, 4) is 0 Å². The standard InChI is InChI=1S/C18H20Cl2N4OS/c19-15-3-2-13(10-16(15)20)11-24-8-4-14(5-9-24)23-17(25)12-26-18-21-6-1-7-22-18/h1-3,6-7,10,14H,4-5,8-9,11-12H2,(H,23,25). The topological polar surface area (TPSA) is 58.1 Å². The number of nitrogens with zero attached hydrogens (tertiary/aromatic N) is 3. The molecule has 0 saturated carbocycles. The number of hydrogen-bond donors (Lipinski definition) is 1. The van der Waals surface area contributed by atoms with E-state index in [0.717, 1.165) is 38.0 Å². The van der Waals surface area contributed by atoms with Crippen molar-refractivity contribution in [2.75, 3.05) is 18.8 Å². The highest BCUT2D eigenvalue weighted by atomic mass is 35.5. The maximum Gasteiger partial charge on any atom is 0.230 e. The van der Waals surface area contributed by atoms with E-state index in [9.17, 15) is 4.79 Å². The van der Waals surface area contributed by atoms with Gasteiger partial charge in [0.25, 0.3) is 0 Å². The van der Waals surface area contributed by atoms with Gasteiger partial charge in [-0.15, -0.1) is 0 Å². The number of nitrogens with one attached hydrogen (secondary N) is 1. The lowest BCUT2D eigenvalue weighted by Crippen LogP contribution is -2.44. The molecule has 2 heterocycles. The predicted octanol–water partition coefficient (Wildman–Crippen LogP) is 3.66. The molecule has 1 amide bonds. The fourth-order valence-electron chi connectivity index (χ4n) is 2.89. The molecule has 1 fully saturated rings. The maximum absolute atomic E-state index is 12.1. The van der Waals surface area contributed by atoms with Crippen LogP contribution in [0.2, 0.25) is 10.0 Å². The Kier molecular flexibility index (Phi) is 7.14. The van der Waals surface area contributed by atoms with Crippen LogP contribution in [-0.4, -0.2) is 45.7 Å². The Balaban J connectivity index is 1.39. The van der Waals surface area contributed by atoms with Gasteiger partial charge in [-0.2, -0.15) is 0 Å². The van der Waals surface area contributed by atoms with Crippen molar-refractivity contribution in [1.82, 2.24) is 20.2 Å². The van der Waals surface area contributed by atoms with Crippen molar-refractivity contribution < 1.29 is 4.79 Å². The molecule has 138 valence electrons. The molecule has 0 unspecified atom stereocenters. The first-order chi connectivity index (χ1) is 12.6. The minimum atomic E-state index is 0.0328. The number of amides is 1. The maximum atomic E-state index is 12.1. The van der Waals surface area contributed by atoms with Crippen LogP contribution < -0.4 is 5.32 Å². The van der Waals surface area contributed by atoms with Crippen molar-refractivity contribution in [2.24, 2.45) is 0 Å². The highest BCUT2D eigenvalue weighted by Crippen LogP contribution is 2.24. The molecular weight excluding hydrogens is 391 g/mol. The van der Waals surface area contributed by atoms with Gasteiger partial charge in [0.15, 0.2) is 5.16 Å². The number of aromatic nitrogens is 2. The Labute approximate surface area is 167 Å². The molecule has 1 aliphatic heterocycles. The van der Waals surface area contributed by atoms with Crippen LogP contribution in [-0.2, 0) is 11.3 Å². The molecule has 8 heteroatoms. The number of thioether (sulfide) groups is 1. The SMILES string of the molecule is O=C(CSc1ncccn1)NC1CCN(Cc2ccc(Cl)c(Cl)c2)CC1. The molecule has 2 aromatic rings. The Morgan fingerprint density at radius 1 is 1.19 bits per heavy atom. The minimum absolute atomic E-state index is 0.0328. The van der Waals surface area contributed by atoms with Crippen molar-refractivity contribution in [1.29, 1.82) is 0 Å². The molecule has 0 radical (unpaired) electrons. The van der Waals surface area contributed by atoms with Crippen LogP contribution in [0.15, 0.2) is 41.8 Å². The summed E-state index contributed by atoms with van der Waals surface area (Å²) in [6.07, 6.45) is 5.24. The van der Waals surface area contributed by atoms with E-state index in [0.29, 0.717) is 21.0 Å². The highest BCUT2D eigenvalue weighted by molar-refractivity contribution is 7.99. The van der Waals surface area contributed by atoms with Crippen molar-refractivity contribution >= 4 is 40.9 Å². The van der Waals surface area contributed by atoms with Gasteiger partial charge in [0.2, 0.25) is 5.91 Å². The van der Waals surface area contributed by atoms with Gasteiger partial charge in [-0.3, -0.25) is 9.69 Å². The van der Waals surface area contributed by atoms with Crippen LogP contribution in [0.25, 0.3) is 0 Å². The minimum Gasteiger partial charge on any atom is -0.353 e. The summed E-state index contributed by atoms with van der Waals surface area (Å²) >= 11 is 13.4. The quantitative estimate of drug-likeness (QED) is 0.581. The van der Waals surface area contributed by atoms with Gasteiger partial charge in [0.05, 0.1) is 15.8 Å². The lowest BCUT2D eigenvalue weighted by atomic mass is 10.0. The summed E-state index contributed by atoms with van der Waals surface area (Å²) in [5.74, 6) is 0.374. The molecule has 0 aliphatic carbocycles. The van der Waals surface area contributed by atoms with Crippen LogP contribution in [0.5, 0.6) is 0 Å². The molecule has 3 rings (SSSR count). The number of benzene rings is 1. The first-order valence-corrected chi connectivity index (χ1v) is 10.2. The van der Waals surface area contributed by atoms with E-state index < -0.39 is 0 Å². The number of carbonyl (C=O) groups excluding carboxylic acids is 1. The fourth-order valence-corrected chi connectivity index (χ4v) is 3.83. The average Bonchev–Trinajstić information content (AvgIpc) is 2.65. The summed E-state index contributed by atoms with van der Waals surface area (Å²) in [7, 11) is 0. The predicted molar refractivity (Wildman–Crippen MR) is 106 cm³/mol. The lowest BCUT2D eigenvalue weighted by molar-refractivity contribution is -0.119. The summed E-state index contributed by atoms with van der Waals surface area (Å²) in [4.78, 5) is 22.7. The molecule has 1 aromatic carbocycles. The monoisotopic (exact) mass is 410 g/mol. The summed E-state index contributed by atoms with van der Waals surface area (Å²) in [6, 6.07) is 7.74. The average molecular weight is 411 g/mol. The van der Waals surface area contributed by atoms with Crippen molar-refractivity contribution in [3.63, 3.8) is 0 Å². The molecule has 0 bridgehead atoms. The van der Waals surface area contributed by atoms with E-state index >= 15 is 0 Å². The van der Waals surface area contributed by atoms with Crippen molar-refractivity contribution in [2.45, 2.75) is 30.6 Å². The van der Waals surface area contributed by atoms with Crippen LogP contribution in [0.3, 0.4) is 0 Å². The van der Waals surface area contributed by atoms with E-state index in [1.165, 1.54) is 11.8 Å².